The van der Waals surface area contributed by atoms with Gasteiger partial charge in [-0.1, -0.05) is 24.3 Å². The topological polar surface area (TPSA) is 71.1 Å². The van der Waals surface area contributed by atoms with E-state index in [2.05, 4.69) is 0 Å². The average Bonchev–Trinajstić information content (AvgIpc) is 3.21. The second kappa shape index (κ2) is 6.37. The Kier molecular flexibility index (Phi) is 4.03. The zero-order chi connectivity index (χ0) is 18.3. The first kappa shape index (κ1) is 16.4. The van der Waals surface area contributed by atoms with Gasteiger partial charge in [0.25, 0.3) is 0 Å². The molecule has 2 aliphatic rings. The van der Waals surface area contributed by atoms with Gasteiger partial charge in [0, 0.05) is 0 Å². The molecule has 2 aromatic rings. The zero-order valence-electron chi connectivity index (χ0n) is 14.4. The van der Waals surface area contributed by atoms with Gasteiger partial charge in [-0.3, -0.25) is 9.59 Å². The number of rotatable bonds is 4. The zero-order valence-corrected chi connectivity index (χ0v) is 14.4. The second-order valence-corrected chi connectivity index (χ2v) is 6.31. The molecule has 0 spiro atoms. The third-order valence-electron chi connectivity index (χ3n) is 4.96. The summed E-state index contributed by atoms with van der Waals surface area (Å²) >= 11 is 0. The molecule has 2 aromatic carbocycles. The van der Waals surface area contributed by atoms with Crippen molar-refractivity contribution in [2.75, 3.05) is 14.2 Å². The second-order valence-electron chi connectivity index (χ2n) is 6.31. The minimum Gasteiger partial charge on any atom is -0.497 e. The summed E-state index contributed by atoms with van der Waals surface area (Å²) in [6.45, 7) is 0. The van der Waals surface area contributed by atoms with Crippen molar-refractivity contribution < 1.29 is 28.5 Å². The highest BCUT2D eigenvalue weighted by Crippen LogP contribution is 2.51. The molecule has 0 N–H and O–H groups in total. The smallest absolute Gasteiger partial charge is 0.314 e. The quantitative estimate of drug-likeness (QED) is 0.787. The number of benzene rings is 2. The van der Waals surface area contributed by atoms with Crippen molar-refractivity contribution in [2.24, 2.45) is 11.8 Å². The van der Waals surface area contributed by atoms with Gasteiger partial charge in [-0.15, -0.1) is 0 Å². The van der Waals surface area contributed by atoms with Crippen molar-refractivity contribution in [1.29, 1.82) is 0 Å². The Morgan fingerprint density at radius 3 is 1.31 bits per heavy atom. The Morgan fingerprint density at radius 1 is 0.654 bits per heavy atom. The normalized spacial score (nSPS) is 26.8. The highest BCUT2D eigenvalue weighted by Gasteiger charge is 2.59. The van der Waals surface area contributed by atoms with Crippen LogP contribution in [0, 0.1) is 11.8 Å². The van der Waals surface area contributed by atoms with Crippen molar-refractivity contribution in [3.63, 3.8) is 0 Å². The Balaban J connectivity index is 1.63. The lowest BCUT2D eigenvalue weighted by atomic mass is 9.84. The maximum atomic E-state index is 12.5. The molecule has 0 amide bonds. The van der Waals surface area contributed by atoms with Gasteiger partial charge in [0.15, 0.2) is 0 Å². The van der Waals surface area contributed by atoms with E-state index in [0.717, 1.165) is 11.1 Å². The van der Waals surface area contributed by atoms with Gasteiger partial charge in [-0.25, -0.2) is 0 Å². The molecule has 0 radical (unpaired) electrons. The van der Waals surface area contributed by atoms with E-state index in [1.54, 1.807) is 62.8 Å². The van der Waals surface area contributed by atoms with E-state index >= 15 is 0 Å². The van der Waals surface area contributed by atoms with Crippen LogP contribution in [0.5, 0.6) is 11.5 Å². The molecule has 2 heterocycles. The maximum Gasteiger partial charge on any atom is 0.314 e. The Labute approximate surface area is 150 Å². The fourth-order valence-electron chi connectivity index (χ4n) is 3.61. The number of fused-ring (bicyclic) bond motifs is 1. The van der Waals surface area contributed by atoms with Gasteiger partial charge in [-0.2, -0.15) is 0 Å². The molecule has 0 saturated carbocycles. The monoisotopic (exact) mass is 354 g/mol. The van der Waals surface area contributed by atoms with Crippen molar-refractivity contribution in [3.05, 3.63) is 59.7 Å². The first-order chi connectivity index (χ1) is 12.6. The molecule has 0 bridgehead atoms. The summed E-state index contributed by atoms with van der Waals surface area (Å²) in [6.07, 6.45) is -1.29. The van der Waals surface area contributed by atoms with Crippen LogP contribution in [0.25, 0.3) is 0 Å². The molecule has 134 valence electrons. The Morgan fingerprint density at radius 2 is 1.00 bits per heavy atom. The molecule has 0 aliphatic carbocycles. The van der Waals surface area contributed by atoms with Crippen LogP contribution in [0.4, 0.5) is 0 Å². The van der Waals surface area contributed by atoms with Crippen LogP contribution in [0.2, 0.25) is 0 Å². The van der Waals surface area contributed by atoms with Crippen molar-refractivity contribution in [3.8, 4) is 11.5 Å². The minimum absolute atomic E-state index is 0.414. The molecule has 6 nitrogen and oxygen atoms in total. The summed E-state index contributed by atoms with van der Waals surface area (Å²) in [7, 11) is 3.16. The van der Waals surface area contributed by atoms with E-state index in [-0.39, 0.29) is 0 Å². The van der Waals surface area contributed by atoms with E-state index in [9.17, 15) is 9.59 Å². The molecular weight excluding hydrogens is 336 g/mol. The standard InChI is InChI=1S/C20H18O6/c1-23-13-7-3-11(4-8-13)17-15-16(20(22)25-17)18(26-19(15)21)12-5-9-14(24-2)10-6-12/h3-10,15-18H,1-2H3/t15-,16-,17+,18+/m0/s1. The molecular formula is C20H18O6. The predicted octanol–water partition coefficient (Wildman–Crippen LogP) is 2.83. The summed E-state index contributed by atoms with van der Waals surface area (Å²) in [4.78, 5) is 25.0. The van der Waals surface area contributed by atoms with Crippen LogP contribution >= 0.6 is 0 Å². The molecule has 26 heavy (non-hydrogen) atoms. The SMILES string of the molecule is COc1ccc([C@H]2OC(=O)[C@H]3[C@@H]2C(=O)O[C@@H]3c2ccc(OC)cc2)cc1. The Bertz CT molecular complexity index is 755. The highest BCUT2D eigenvalue weighted by atomic mass is 16.6. The van der Waals surface area contributed by atoms with Gasteiger partial charge < -0.3 is 18.9 Å². The van der Waals surface area contributed by atoms with Crippen LogP contribution in [-0.2, 0) is 19.1 Å². The lowest BCUT2D eigenvalue weighted by molar-refractivity contribution is -0.154. The van der Waals surface area contributed by atoms with Crippen LogP contribution in [0.15, 0.2) is 48.5 Å². The lowest BCUT2D eigenvalue weighted by Gasteiger charge is -2.15. The number of cyclic esters (lactones) is 2. The first-order valence-electron chi connectivity index (χ1n) is 8.31. The number of hydrogen-bond donors (Lipinski definition) is 0. The highest BCUT2D eigenvalue weighted by molar-refractivity contribution is 5.89. The molecule has 4 rings (SSSR count). The number of carbonyl (C=O) groups excluding carboxylic acids is 2. The van der Waals surface area contributed by atoms with Crippen molar-refractivity contribution in [1.82, 2.24) is 0 Å². The summed E-state index contributed by atoms with van der Waals surface area (Å²) in [6, 6.07) is 14.3. The fraction of sp³-hybridized carbons (Fsp3) is 0.300. The molecule has 6 heteroatoms. The number of hydrogen-bond acceptors (Lipinski definition) is 6. The van der Waals surface area contributed by atoms with E-state index < -0.39 is 36.0 Å². The molecule has 0 aromatic heterocycles. The Hall–Kier alpha value is -3.02. The van der Waals surface area contributed by atoms with Gasteiger partial charge >= 0.3 is 11.9 Å². The largest absolute Gasteiger partial charge is 0.497 e. The van der Waals surface area contributed by atoms with Crippen LogP contribution in [0.1, 0.15) is 23.3 Å². The van der Waals surface area contributed by atoms with Gasteiger partial charge in [0.05, 0.1) is 14.2 Å². The predicted molar refractivity (Wildman–Crippen MR) is 90.6 cm³/mol. The summed E-state index contributed by atoms with van der Waals surface area (Å²) in [5, 5.41) is 0. The van der Waals surface area contributed by atoms with E-state index in [1.165, 1.54) is 0 Å². The summed E-state index contributed by atoms with van der Waals surface area (Å²) in [5.74, 6) is -0.740. The number of carbonyl (C=O) groups is 2. The van der Waals surface area contributed by atoms with Crippen LogP contribution in [-0.4, -0.2) is 26.2 Å². The number of esters is 2. The lowest BCUT2D eigenvalue weighted by Crippen LogP contribution is -2.19. The minimum atomic E-state index is -0.650. The number of methoxy groups -OCH3 is 2. The van der Waals surface area contributed by atoms with E-state index in [0.29, 0.717) is 11.5 Å². The van der Waals surface area contributed by atoms with Gasteiger partial charge in [0.2, 0.25) is 0 Å². The molecule has 4 atom stereocenters. The molecule has 2 saturated heterocycles. The summed E-state index contributed by atoms with van der Waals surface area (Å²) < 4.78 is 21.4. The molecule has 2 aliphatic heterocycles. The van der Waals surface area contributed by atoms with Crippen LogP contribution in [0.3, 0.4) is 0 Å². The van der Waals surface area contributed by atoms with Crippen molar-refractivity contribution >= 4 is 11.9 Å². The number of ether oxygens (including phenoxy) is 4. The third-order valence-corrected chi connectivity index (χ3v) is 4.96. The molecule has 0 unspecified atom stereocenters. The summed E-state index contributed by atoms with van der Waals surface area (Å²) in [5.41, 5.74) is 1.50. The molecule has 2 fully saturated rings. The van der Waals surface area contributed by atoms with E-state index in [4.69, 9.17) is 18.9 Å². The van der Waals surface area contributed by atoms with Crippen LogP contribution < -0.4 is 9.47 Å². The fourth-order valence-corrected chi connectivity index (χ4v) is 3.61. The average molecular weight is 354 g/mol. The first-order valence-corrected chi connectivity index (χ1v) is 8.31. The third kappa shape index (κ3) is 2.58. The van der Waals surface area contributed by atoms with Crippen molar-refractivity contribution in [2.45, 2.75) is 12.2 Å². The van der Waals surface area contributed by atoms with E-state index in [1.807, 2.05) is 0 Å². The van der Waals surface area contributed by atoms with Gasteiger partial charge in [0.1, 0.15) is 35.5 Å². The van der Waals surface area contributed by atoms with Gasteiger partial charge in [-0.05, 0) is 35.4 Å². The maximum absolute atomic E-state index is 12.5.